The molecule has 1 aromatic rings. The van der Waals surface area contributed by atoms with E-state index < -0.39 is 0 Å². The number of imidazole rings is 1. The van der Waals surface area contributed by atoms with Gasteiger partial charge in [-0.1, -0.05) is 0 Å². The van der Waals surface area contributed by atoms with E-state index in [2.05, 4.69) is 35.7 Å². The fourth-order valence-electron chi connectivity index (χ4n) is 3.46. The summed E-state index contributed by atoms with van der Waals surface area (Å²) >= 11 is 0. The van der Waals surface area contributed by atoms with Crippen LogP contribution in [0, 0.1) is 0 Å². The van der Waals surface area contributed by atoms with Gasteiger partial charge in [0.15, 0.2) is 0 Å². The van der Waals surface area contributed by atoms with Gasteiger partial charge < -0.3 is 9.88 Å². The number of aromatic nitrogens is 2. The SMILES string of the molecule is CC(C)N1CCCC1c1nc2c(n1C)CCNC2. The fraction of sp³-hybridized carbons (Fsp3) is 0.786. The molecule has 1 fully saturated rings. The molecule has 0 amide bonds. The number of fused-ring (bicyclic) bond motifs is 1. The molecular formula is C14H24N4. The first kappa shape index (κ1) is 12.2. The van der Waals surface area contributed by atoms with Crippen LogP contribution in [0.15, 0.2) is 0 Å². The van der Waals surface area contributed by atoms with E-state index in [9.17, 15) is 0 Å². The molecule has 0 bridgehead atoms. The molecule has 0 saturated carbocycles. The molecule has 2 aliphatic rings. The molecule has 0 aliphatic carbocycles. The number of nitrogens with one attached hydrogen (secondary N) is 1. The van der Waals surface area contributed by atoms with Crippen molar-refractivity contribution in [1.82, 2.24) is 19.8 Å². The van der Waals surface area contributed by atoms with Gasteiger partial charge in [0, 0.05) is 38.3 Å². The van der Waals surface area contributed by atoms with Gasteiger partial charge in [0.1, 0.15) is 5.82 Å². The van der Waals surface area contributed by atoms with Crippen molar-refractivity contribution in [3.8, 4) is 0 Å². The summed E-state index contributed by atoms with van der Waals surface area (Å²) in [7, 11) is 2.20. The fourth-order valence-corrected chi connectivity index (χ4v) is 3.46. The van der Waals surface area contributed by atoms with Crippen LogP contribution in [0.25, 0.3) is 0 Å². The van der Waals surface area contributed by atoms with Crippen molar-refractivity contribution in [1.29, 1.82) is 0 Å². The largest absolute Gasteiger partial charge is 0.333 e. The zero-order valence-corrected chi connectivity index (χ0v) is 11.7. The number of rotatable bonds is 2. The third-order valence-corrected chi connectivity index (χ3v) is 4.42. The Morgan fingerprint density at radius 3 is 2.94 bits per heavy atom. The molecule has 1 unspecified atom stereocenters. The smallest absolute Gasteiger partial charge is 0.126 e. The van der Waals surface area contributed by atoms with Crippen molar-refractivity contribution in [2.75, 3.05) is 13.1 Å². The normalized spacial score (nSPS) is 24.8. The van der Waals surface area contributed by atoms with Gasteiger partial charge in [-0.3, -0.25) is 4.90 Å². The van der Waals surface area contributed by atoms with Crippen molar-refractivity contribution in [3.05, 3.63) is 17.2 Å². The Kier molecular flexibility index (Phi) is 3.16. The molecular weight excluding hydrogens is 224 g/mol. The molecule has 1 N–H and O–H groups in total. The highest BCUT2D eigenvalue weighted by Gasteiger charge is 2.32. The topological polar surface area (TPSA) is 33.1 Å². The minimum atomic E-state index is 0.528. The summed E-state index contributed by atoms with van der Waals surface area (Å²) in [5, 5.41) is 3.42. The molecule has 100 valence electrons. The van der Waals surface area contributed by atoms with Gasteiger partial charge in [0.05, 0.1) is 11.7 Å². The van der Waals surface area contributed by atoms with Gasteiger partial charge in [-0.05, 0) is 33.2 Å². The highest BCUT2D eigenvalue weighted by molar-refractivity contribution is 5.22. The average Bonchev–Trinajstić information content (AvgIpc) is 2.94. The van der Waals surface area contributed by atoms with Crippen LogP contribution >= 0.6 is 0 Å². The van der Waals surface area contributed by atoms with Crippen molar-refractivity contribution >= 4 is 0 Å². The highest BCUT2D eigenvalue weighted by atomic mass is 15.2. The van der Waals surface area contributed by atoms with E-state index in [1.165, 1.54) is 36.6 Å². The van der Waals surface area contributed by atoms with Crippen molar-refractivity contribution in [3.63, 3.8) is 0 Å². The second-order valence-electron chi connectivity index (χ2n) is 5.84. The Morgan fingerprint density at radius 1 is 1.39 bits per heavy atom. The predicted octanol–water partition coefficient (Wildman–Crippen LogP) is 1.61. The third-order valence-electron chi connectivity index (χ3n) is 4.42. The molecule has 18 heavy (non-hydrogen) atoms. The van der Waals surface area contributed by atoms with Crippen molar-refractivity contribution in [2.24, 2.45) is 7.05 Å². The molecule has 4 heteroatoms. The van der Waals surface area contributed by atoms with E-state index in [1.807, 2.05) is 0 Å². The van der Waals surface area contributed by atoms with Crippen molar-refractivity contribution in [2.45, 2.75) is 51.7 Å². The lowest BCUT2D eigenvalue weighted by Gasteiger charge is -2.27. The van der Waals surface area contributed by atoms with Gasteiger partial charge in [0.25, 0.3) is 0 Å². The van der Waals surface area contributed by atoms with E-state index in [-0.39, 0.29) is 0 Å². The van der Waals surface area contributed by atoms with Crippen LogP contribution in [-0.2, 0) is 20.0 Å². The molecule has 0 radical (unpaired) electrons. The zero-order chi connectivity index (χ0) is 12.7. The summed E-state index contributed by atoms with van der Waals surface area (Å²) in [5.41, 5.74) is 2.72. The lowest BCUT2D eigenvalue weighted by atomic mass is 10.2. The van der Waals surface area contributed by atoms with Gasteiger partial charge in [0.2, 0.25) is 0 Å². The molecule has 0 spiro atoms. The van der Waals surface area contributed by atoms with E-state index in [0.29, 0.717) is 12.1 Å². The molecule has 0 aromatic carbocycles. The van der Waals surface area contributed by atoms with Crippen LogP contribution in [0.5, 0.6) is 0 Å². The minimum Gasteiger partial charge on any atom is -0.333 e. The van der Waals surface area contributed by atoms with Crippen LogP contribution in [0.4, 0.5) is 0 Å². The maximum atomic E-state index is 4.92. The number of nitrogens with zero attached hydrogens (tertiary/aromatic N) is 3. The maximum absolute atomic E-state index is 4.92. The summed E-state index contributed by atoms with van der Waals surface area (Å²) in [5.74, 6) is 1.29. The lowest BCUT2D eigenvalue weighted by molar-refractivity contribution is 0.196. The van der Waals surface area contributed by atoms with Crippen LogP contribution in [0.3, 0.4) is 0 Å². The molecule has 1 atom stereocenters. The third kappa shape index (κ3) is 1.88. The monoisotopic (exact) mass is 248 g/mol. The number of hydrogen-bond donors (Lipinski definition) is 1. The van der Waals surface area contributed by atoms with E-state index in [4.69, 9.17) is 4.98 Å². The molecule has 3 rings (SSSR count). The minimum absolute atomic E-state index is 0.528. The maximum Gasteiger partial charge on any atom is 0.126 e. The highest BCUT2D eigenvalue weighted by Crippen LogP contribution is 2.34. The van der Waals surface area contributed by atoms with Crippen LogP contribution in [-0.4, -0.2) is 33.6 Å². The Labute approximate surface area is 109 Å². The Bertz CT molecular complexity index is 435. The van der Waals surface area contributed by atoms with Gasteiger partial charge in [-0.15, -0.1) is 0 Å². The van der Waals surface area contributed by atoms with E-state index in [0.717, 1.165) is 19.5 Å². The summed E-state index contributed by atoms with van der Waals surface area (Å²) in [6, 6.07) is 1.14. The first-order valence-electron chi connectivity index (χ1n) is 7.19. The summed E-state index contributed by atoms with van der Waals surface area (Å²) in [6.45, 7) is 7.84. The van der Waals surface area contributed by atoms with E-state index in [1.54, 1.807) is 0 Å². The first-order valence-corrected chi connectivity index (χ1v) is 7.19. The second kappa shape index (κ2) is 4.67. The van der Waals surface area contributed by atoms with Crippen molar-refractivity contribution < 1.29 is 0 Å². The lowest BCUT2D eigenvalue weighted by Crippen LogP contribution is -2.31. The van der Waals surface area contributed by atoms with Crippen LogP contribution in [0.1, 0.15) is 49.9 Å². The summed E-state index contributed by atoms with van der Waals surface area (Å²) in [4.78, 5) is 7.52. The quantitative estimate of drug-likeness (QED) is 0.863. The Balaban J connectivity index is 1.94. The van der Waals surface area contributed by atoms with E-state index >= 15 is 0 Å². The number of likely N-dealkylation sites (tertiary alicyclic amines) is 1. The first-order chi connectivity index (χ1) is 8.68. The molecule has 3 heterocycles. The number of hydrogen-bond acceptors (Lipinski definition) is 3. The standard InChI is InChI=1S/C14H24N4/c1-10(2)18-8-4-5-13(18)14-16-11-9-15-7-6-12(11)17(14)3/h10,13,15H,4-9H2,1-3H3. The van der Waals surface area contributed by atoms with Crippen LogP contribution in [0.2, 0.25) is 0 Å². The molecule has 2 aliphatic heterocycles. The second-order valence-corrected chi connectivity index (χ2v) is 5.84. The Morgan fingerprint density at radius 2 is 2.22 bits per heavy atom. The van der Waals surface area contributed by atoms with Gasteiger partial charge in [-0.2, -0.15) is 0 Å². The zero-order valence-electron chi connectivity index (χ0n) is 11.7. The Hall–Kier alpha value is -0.870. The molecule has 1 aromatic heterocycles. The van der Waals surface area contributed by atoms with Crippen LogP contribution < -0.4 is 5.32 Å². The molecule has 1 saturated heterocycles. The predicted molar refractivity (Wildman–Crippen MR) is 72.4 cm³/mol. The average molecular weight is 248 g/mol. The van der Waals surface area contributed by atoms with Gasteiger partial charge >= 0.3 is 0 Å². The van der Waals surface area contributed by atoms with Gasteiger partial charge in [-0.25, -0.2) is 4.98 Å². The summed E-state index contributed by atoms with van der Waals surface area (Å²) < 4.78 is 2.36. The molecule has 4 nitrogen and oxygen atoms in total. The summed E-state index contributed by atoms with van der Waals surface area (Å²) in [6.07, 6.45) is 3.68.